The number of ether oxygens (including phenoxy) is 2. The minimum atomic E-state index is -3.98. The zero-order valence-corrected chi connectivity index (χ0v) is 16.3. The molecule has 0 saturated carbocycles. The van der Waals surface area contributed by atoms with Crippen LogP contribution in [0.2, 0.25) is 0 Å². The Morgan fingerprint density at radius 3 is 2.35 bits per heavy atom. The van der Waals surface area contributed by atoms with E-state index in [1.165, 1.54) is 20.3 Å². The number of amides is 1. The lowest BCUT2D eigenvalue weighted by Crippen LogP contribution is -2.26. The van der Waals surface area contributed by atoms with Crippen molar-refractivity contribution >= 4 is 25.6 Å². The summed E-state index contributed by atoms with van der Waals surface area (Å²) in [5, 5.41) is 2.77. The van der Waals surface area contributed by atoms with Crippen LogP contribution in [-0.4, -0.2) is 35.1 Å². The molecule has 0 atom stereocenters. The number of hydrogen-bond donors (Lipinski definition) is 1. The summed E-state index contributed by atoms with van der Waals surface area (Å²) in [6.45, 7) is 2.14. The number of hydrogen-bond acceptors (Lipinski definition) is 5. The Balaban J connectivity index is 2.19. The molecule has 0 aromatic heterocycles. The second-order valence-corrected chi connectivity index (χ2v) is 8.16. The van der Waals surface area contributed by atoms with E-state index < -0.39 is 9.05 Å². The molecule has 0 aliphatic rings. The average Bonchev–Trinajstić information content (AvgIpc) is 2.60. The molecule has 0 saturated heterocycles. The lowest BCUT2D eigenvalue weighted by atomic mass is 10.1. The smallest absolute Gasteiger partial charge is 0.261 e. The largest absolute Gasteiger partial charge is 0.493 e. The number of carbonyl (C=O) groups is 1. The highest BCUT2D eigenvalue weighted by Gasteiger charge is 2.20. The zero-order chi connectivity index (χ0) is 19.3. The van der Waals surface area contributed by atoms with Gasteiger partial charge < -0.3 is 14.8 Å². The normalized spacial score (nSPS) is 11.1. The third kappa shape index (κ3) is 4.89. The first-order valence-electron chi connectivity index (χ1n) is 7.80. The van der Waals surface area contributed by atoms with E-state index in [-0.39, 0.29) is 29.5 Å². The molecular weight excluding hydrogens is 378 g/mol. The predicted octanol–water partition coefficient (Wildman–Crippen LogP) is 2.91. The second-order valence-electron chi connectivity index (χ2n) is 5.63. The summed E-state index contributed by atoms with van der Waals surface area (Å²) in [5.41, 5.74) is 1.96. The molecule has 1 amide bonds. The molecule has 1 N–H and O–H groups in total. The molecule has 2 rings (SSSR count). The van der Waals surface area contributed by atoms with Gasteiger partial charge in [-0.1, -0.05) is 17.7 Å². The third-order valence-corrected chi connectivity index (χ3v) is 5.19. The van der Waals surface area contributed by atoms with Gasteiger partial charge in [0, 0.05) is 28.9 Å². The van der Waals surface area contributed by atoms with Gasteiger partial charge in [-0.05, 0) is 37.1 Å². The van der Waals surface area contributed by atoms with Gasteiger partial charge >= 0.3 is 0 Å². The van der Waals surface area contributed by atoms with Gasteiger partial charge in [-0.2, -0.15) is 0 Å². The van der Waals surface area contributed by atoms with Crippen molar-refractivity contribution in [3.63, 3.8) is 0 Å². The van der Waals surface area contributed by atoms with Crippen LogP contribution in [0.1, 0.15) is 21.5 Å². The lowest BCUT2D eigenvalue weighted by molar-refractivity contribution is 0.0954. The van der Waals surface area contributed by atoms with Crippen LogP contribution in [0.5, 0.6) is 11.5 Å². The quantitative estimate of drug-likeness (QED) is 0.726. The van der Waals surface area contributed by atoms with Gasteiger partial charge in [0.15, 0.2) is 11.5 Å². The van der Waals surface area contributed by atoms with Gasteiger partial charge in [-0.15, -0.1) is 0 Å². The van der Waals surface area contributed by atoms with E-state index in [1.807, 2.05) is 13.0 Å². The summed E-state index contributed by atoms with van der Waals surface area (Å²) in [5.74, 6) is 0.417. The number of rotatable bonds is 7. The Kier molecular flexibility index (Phi) is 6.50. The van der Waals surface area contributed by atoms with Gasteiger partial charge in [0.2, 0.25) is 0 Å². The number of aryl methyl sites for hydroxylation is 1. The minimum Gasteiger partial charge on any atom is -0.493 e. The molecule has 0 fully saturated rings. The highest BCUT2D eigenvalue weighted by Crippen LogP contribution is 2.34. The van der Waals surface area contributed by atoms with Crippen LogP contribution in [0, 0.1) is 6.92 Å². The van der Waals surface area contributed by atoms with Crippen molar-refractivity contribution in [2.45, 2.75) is 18.2 Å². The number of halogens is 1. The van der Waals surface area contributed by atoms with E-state index in [4.69, 9.17) is 20.2 Å². The number of nitrogens with one attached hydrogen (secondary N) is 1. The topological polar surface area (TPSA) is 81.7 Å². The molecule has 8 heteroatoms. The number of methoxy groups -OCH3 is 2. The Bertz CT molecular complexity index is 912. The molecule has 0 aliphatic carbocycles. The first-order chi connectivity index (χ1) is 12.3. The van der Waals surface area contributed by atoms with Crippen LogP contribution >= 0.6 is 10.7 Å². The molecule has 2 aromatic rings. The van der Waals surface area contributed by atoms with E-state index in [9.17, 15) is 13.2 Å². The van der Waals surface area contributed by atoms with Gasteiger partial charge in [-0.3, -0.25) is 4.79 Å². The molecule has 0 radical (unpaired) electrons. The molecule has 0 unspecified atom stereocenters. The van der Waals surface area contributed by atoms with Crippen LogP contribution in [-0.2, 0) is 15.5 Å². The van der Waals surface area contributed by atoms with E-state index in [2.05, 4.69) is 5.32 Å². The van der Waals surface area contributed by atoms with E-state index in [1.54, 1.807) is 24.3 Å². The van der Waals surface area contributed by atoms with E-state index in [0.29, 0.717) is 16.9 Å². The lowest BCUT2D eigenvalue weighted by Gasteiger charge is -2.13. The summed E-state index contributed by atoms with van der Waals surface area (Å²) in [6, 6.07) is 10.1. The highest BCUT2D eigenvalue weighted by molar-refractivity contribution is 8.13. The summed E-state index contributed by atoms with van der Waals surface area (Å²) < 4.78 is 34.0. The Morgan fingerprint density at radius 1 is 1.12 bits per heavy atom. The summed E-state index contributed by atoms with van der Waals surface area (Å²) >= 11 is 0. The highest BCUT2D eigenvalue weighted by atomic mass is 35.7. The van der Waals surface area contributed by atoms with Crippen LogP contribution < -0.4 is 14.8 Å². The van der Waals surface area contributed by atoms with E-state index in [0.717, 1.165) is 5.56 Å². The molecule has 0 bridgehead atoms. The molecule has 0 spiro atoms. The van der Waals surface area contributed by atoms with Crippen molar-refractivity contribution in [2.24, 2.45) is 0 Å². The average molecular weight is 398 g/mol. The Hall–Kier alpha value is -2.25. The van der Waals surface area contributed by atoms with Gasteiger partial charge in [0.25, 0.3) is 15.0 Å². The first kappa shape index (κ1) is 20.1. The standard InChI is InChI=1S/C18H20ClNO5S/c1-12-5-4-6-14(9-12)18(21)20-8-7-13-10-15(24-2)16(25-3)11-17(13)26(19,22)23/h4-6,9-11H,7-8H2,1-3H3,(H,20,21). The molecule has 2 aromatic carbocycles. The zero-order valence-electron chi connectivity index (χ0n) is 14.7. The molecule has 0 aliphatic heterocycles. The molecule has 0 heterocycles. The fraction of sp³-hybridized carbons (Fsp3) is 0.278. The van der Waals surface area contributed by atoms with Crippen LogP contribution in [0.4, 0.5) is 0 Å². The van der Waals surface area contributed by atoms with Crippen molar-refractivity contribution in [1.82, 2.24) is 5.32 Å². The number of carbonyl (C=O) groups excluding carboxylic acids is 1. The monoisotopic (exact) mass is 397 g/mol. The Labute approximate surface area is 157 Å². The van der Waals surface area contributed by atoms with Crippen molar-refractivity contribution in [1.29, 1.82) is 0 Å². The van der Waals surface area contributed by atoms with Crippen molar-refractivity contribution in [3.8, 4) is 11.5 Å². The van der Waals surface area contributed by atoms with Crippen molar-refractivity contribution in [2.75, 3.05) is 20.8 Å². The Morgan fingerprint density at radius 2 is 1.77 bits per heavy atom. The molecule has 26 heavy (non-hydrogen) atoms. The van der Waals surface area contributed by atoms with Crippen molar-refractivity contribution < 1.29 is 22.7 Å². The second kappa shape index (κ2) is 8.42. The fourth-order valence-corrected chi connectivity index (χ4v) is 3.68. The summed E-state index contributed by atoms with van der Waals surface area (Å²) in [4.78, 5) is 12.1. The van der Waals surface area contributed by atoms with Gasteiger partial charge in [0.05, 0.1) is 19.1 Å². The van der Waals surface area contributed by atoms with Crippen LogP contribution in [0.15, 0.2) is 41.3 Å². The fourth-order valence-electron chi connectivity index (χ4n) is 2.52. The van der Waals surface area contributed by atoms with Gasteiger partial charge in [-0.25, -0.2) is 8.42 Å². The van der Waals surface area contributed by atoms with E-state index >= 15 is 0 Å². The summed E-state index contributed by atoms with van der Waals surface area (Å²) in [7, 11) is 4.42. The summed E-state index contributed by atoms with van der Waals surface area (Å²) in [6.07, 6.45) is 0.263. The predicted molar refractivity (Wildman–Crippen MR) is 99.8 cm³/mol. The molecular formula is C18H20ClNO5S. The first-order valence-corrected chi connectivity index (χ1v) is 10.1. The van der Waals surface area contributed by atoms with Crippen LogP contribution in [0.25, 0.3) is 0 Å². The SMILES string of the molecule is COc1cc(CCNC(=O)c2cccc(C)c2)c(S(=O)(=O)Cl)cc1OC. The molecule has 6 nitrogen and oxygen atoms in total. The third-order valence-electron chi connectivity index (χ3n) is 3.79. The van der Waals surface area contributed by atoms with Gasteiger partial charge in [0.1, 0.15) is 0 Å². The minimum absolute atomic E-state index is 0.0679. The number of benzene rings is 2. The van der Waals surface area contributed by atoms with Crippen LogP contribution in [0.3, 0.4) is 0 Å². The maximum Gasteiger partial charge on any atom is 0.261 e. The maximum absolute atomic E-state index is 12.2. The molecule has 140 valence electrons. The maximum atomic E-state index is 12.2. The van der Waals surface area contributed by atoms with Crippen molar-refractivity contribution in [3.05, 3.63) is 53.1 Å².